The van der Waals surface area contributed by atoms with Crippen molar-refractivity contribution in [3.8, 4) is 0 Å². The lowest BCUT2D eigenvalue weighted by atomic mass is 9.97. The number of nitrogens with zero attached hydrogens (tertiary/aromatic N) is 2. The van der Waals surface area contributed by atoms with Gasteiger partial charge in [-0.2, -0.15) is 4.31 Å². The monoisotopic (exact) mass is 662 g/mol. The predicted molar refractivity (Wildman–Crippen MR) is 186 cm³/mol. The number of rotatable bonds is 13. The van der Waals surface area contributed by atoms with Crippen LogP contribution in [0.25, 0.3) is 0 Å². The van der Waals surface area contributed by atoms with Crippen LogP contribution in [0.2, 0.25) is 0 Å². The third-order valence-electron chi connectivity index (χ3n) is 8.08. The van der Waals surface area contributed by atoms with Gasteiger partial charge in [0.15, 0.2) is 0 Å². The predicted octanol–water partition coefficient (Wildman–Crippen LogP) is 6.70. The summed E-state index contributed by atoms with van der Waals surface area (Å²) in [5.74, 6) is -2.13. The Bertz CT molecular complexity index is 1840. The molecule has 0 aromatic heterocycles. The number of methoxy groups -OCH3 is 2. The normalized spacial score (nSPS) is 12.0. The Hall–Kier alpha value is -5.25. The van der Waals surface area contributed by atoms with Crippen molar-refractivity contribution in [1.29, 1.82) is 0 Å². The highest BCUT2D eigenvalue weighted by Crippen LogP contribution is 2.37. The van der Waals surface area contributed by atoms with Crippen LogP contribution in [0.1, 0.15) is 33.9 Å². The maximum absolute atomic E-state index is 14.6. The van der Waals surface area contributed by atoms with Crippen LogP contribution in [-0.4, -0.2) is 44.9 Å². The molecular weight excluding hydrogens is 625 g/mol. The number of carbonyl (C=O) groups is 2. The van der Waals surface area contributed by atoms with Gasteiger partial charge in [0.05, 0.1) is 25.2 Å². The first-order valence-electron chi connectivity index (χ1n) is 15.5. The molecule has 0 radical (unpaired) electrons. The molecule has 5 aromatic rings. The molecule has 5 aromatic carbocycles. The number of sulfonamides is 1. The fraction of sp³-hybridized carbons (Fsp3) is 0.179. The minimum absolute atomic E-state index is 0.0830. The molecule has 0 amide bonds. The number of hydrogen-bond donors (Lipinski definition) is 0. The van der Waals surface area contributed by atoms with Gasteiger partial charge < -0.3 is 14.4 Å². The van der Waals surface area contributed by atoms with Crippen molar-refractivity contribution >= 4 is 27.6 Å². The SMILES string of the molecule is COC(=O)C(C(=O)OC)N(C(c1ccccc1)c1ccc(N(Cc2ccccc2)Cc2ccccc2)cc1)S(=O)(=O)c1ccc(C)cc1. The van der Waals surface area contributed by atoms with E-state index >= 15 is 0 Å². The van der Waals surface area contributed by atoms with E-state index in [1.54, 1.807) is 36.4 Å². The molecule has 0 bridgehead atoms. The van der Waals surface area contributed by atoms with Gasteiger partial charge in [0, 0.05) is 18.8 Å². The Balaban J connectivity index is 1.66. The average molecular weight is 663 g/mol. The van der Waals surface area contributed by atoms with E-state index in [0.717, 1.165) is 40.9 Å². The van der Waals surface area contributed by atoms with Gasteiger partial charge in [0.25, 0.3) is 0 Å². The number of anilines is 1. The molecule has 1 unspecified atom stereocenters. The fourth-order valence-electron chi connectivity index (χ4n) is 5.62. The summed E-state index contributed by atoms with van der Waals surface area (Å²) in [6, 6.07) is 39.9. The van der Waals surface area contributed by atoms with E-state index in [4.69, 9.17) is 9.47 Å². The van der Waals surface area contributed by atoms with Gasteiger partial charge in [-0.25, -0.2) is 18.0 Å². The summed E-state index contributed by atoms with van der Waals surface area (Å²) in [4.78, 5) is 28.8. The van der Waals surface area contributed by atoms with E-state index in [2.05, 4.69) is 29.2 Å². The number of aryl methyl sites for hydroxylation is 1. The van der Waals surface area contributed by atoms with Crippen molar-refractivity contribution in [2.24, 2.45) is 0 Å². The van der Waals surface area contributed by atoms with Crippen LogP contribution in [0.3, 0.4) is 0 Å². The van der Waals surface area contributed by atoms with Crippen LogP contribution in [0.15, 0.2) is 144 Å². The molecule has 0 N–H and O–H groups in total. The van der Waals surface area contributed by atoms with Crippen LogP contribution in [-0.2, 0) is 42.2 Å². The lowest BCUT2D eigenvalue weighted by Crippen LogP contribution is -2.52. The van der Waals surface area contributed by atoms with Crippen molar-refractivity contribution in [3.63, 3.8) is 0 Å². The molecule has 8 nitrogen and oxygen atoms in total. The van der Waals surface area contributed by atoms with Gasteiger partial charge in [-0.1, -0.05) is 121 Å². The molecule has 48 heavy (non-hydrogen) atoms. The Labute approximate surface area is 282 Å². The van der Waals surface area contributed by atoms with Crippen LogP contribution >= 0.6 is 0 Å². The number of esters is 2. The summed E-state index contributed by atoms with van der Waals surface area (Å²) in [6.07, 6.45) is 0. The van der Waals surface area contributed by atoms with Gasteiger partial charge in [-0.05, 0) is 53.4 Å². The Morgan fingerprint density at radius 2 is 1.04 bits per heavy atom. The highest BCUT2D eigenvalue weighted by molar-refractivity contribution is 7.89. The van der Waals surface area contributed by atoms with E-state index in [-0.39, 0.29) is 4.90 Å². The van der Waals surface area contributed by atoms with Gasteiger partial charge in [0.1, 0.15) is 0 Å². The molecule has 0 saturated heterocycles. The lowest BCUT2D eigenvalue weighted by Gasteiger charge is -2.35. The molecule has 0 spiro atoms. The van der Waals surface area contributed by atoms with E-state index in [1.165, 1.54) is 12.1 Å². The van der Waals surface area contributed by atoms with E-state index < -0.39 is 34.0 Å². The van der Waals surface area contributed by atoms with Crippen LogP contribution in [0.5, 0.6) is 0 Å². The smallest absolute Gasteiger partial charge is 0.335 e. The molecule has 0 heterocycles. The molecule has 1 atom stereocenters. The van der Waals surface area contributed by atoms with Crippen LogP contribution in [0, 0.1) is 6.92 Å². The van der Waals surface area contributed by atoms with Crippen molar-refractivity contribution < 1.29 is 27.5 Å². The summed E-state index contributed by atoms with van der Waals surface area (Å²) in [5.41, 5.74) is 5.11. The molecule has 0 fully saturated rings. The van der Waals surface area contributed by atoms with E-state index in [0.29, 0.717) is 24.2 Å². The zero-order valence-electron chi connectivity index (χ0n) is 27.1. The van der Waals surface area contributed by atoms with Gasteiger partial charge in [-0.15, -0.1) is 0 Å². The molecule has 5 rings (SSSR count). The average Bonchev–Trinajstić information content (AvgIpc) is 3.12. The maximum Gasteiger partial charge on any atom is 0.335 e. The second-order valence-corrected chi connectivity index (χ2v) is 13.2. The third-order valence-corrected chi connectivity index (χ3v) is 9.92. The largest absolute Gasteiger partial charge is 0.467 e. The second kappa shape index (κ2) is 15.6. The van der Waals surface area contributed by atoms with Crippen molar-refractivity contribution in [1.82, 2.24) is 4.31 Å². The van der Waals surface area contributed by atoms with Gasteiger partial charge in [-0.3, -0.25) is 0 Å². The lowest BCUT2D eigenvalue weighted by molar-refractivity contribution is -0.158. The van der Waals surface area contributed by atoms with E-state index in [1.807, 2.05) is 73.7 Å². The molecule has 0 aliphatic heterocycles. The second-order valence-electron chi connectivity index (χ2n) is 11.3. The molecule has 9 heteroatoms. The quantitative estimate of drug-likeness (QED) is 0.102. The summed E-state index contributed by atoms with van der Waals surface area (Å²) in [6.45, 7) is 3.11. The summed E-state index contributed by atoms with van der Waals surface area (Å²) in [5, 5.41) is 0. The Morgan fingerprint density at radius 1 is 0.604 bits per heavy atom. The third kappa shape index (κ3) is 7.82. The minimum atomic E-state index is -4.51. The van der Waals surface area contributed by atoms with E-state index in [9.17, 15) is 18.0 Å². The summed E-state index contributed by atoms with van der Waals surface area (Å²) >= 11 is 0. The van der Waals surface area contributed by atoms with Crippen LogP contribution in [0.4, 0.5) is 5.69 Å². The maximum atomic E-state index is 14.6. The molecule has 0 saturated carbocycles. The highest BCUT2D eigenvalue weighted by atomic mass is 32.2. The number of hydrogen-bond acceptors (Lipinski definition) is 7. The van der Waals surface area contributed by atoms with Crippen molar-refractivity contribution in [2.45, 2.75) is 37.0 Å². The first-order valence-corrected chi connectivity index (χ1v) is 16.9. The fourth-order valence-corrected chi connectivity index (χ4v) is 7.32. The molecule has 246 valence electrons. The number of ether oxygens (including phenoxy) is 2. The Morgan fingerprint density at radius 3 is 1.50 bits per heavy atom. The van der Waals surface area contributed by atoms with Gasteiger partial charge >= 0.3 is 11.9 Å². The molecular formula is C39H38N2O6S. The zero-order valence-corrected chi connectivity index (χ0v) is 27.9. The highest BCUT2D eigenvalue weighted by Gasteiger charge is 2.47. The molecule has 0 aliphatic carbocycles. The first-order chi connectivity index (χ1) is 23.2. The first kappa shape index (κ1) is 34.1. The molecule has 0 aliphatic rings. The van der Waals surface area contributed by atoms with Crippen molar-refractivity contribution in [3.05, 3.63) is 167 Å². The standard InChI is InChI=1S/C39H38N2O6S/c1-29-19-25-35(26-20-29)48(44,45)41(37(38(42)46-2)39(43)47-3)36(32-17-11-6-12-18-32)33-21-23-34(24-22-33)40(27-30-13-7-4-8-14-30)28-31-15-9-5-10-16-31/h4-26,36-37H,27-28H2,1-3H3. The summed E-state index contributed by atoms with van der Waals surface area (Å²) < 4.78 is 40.1. The summed E-state index contributed by atoms with van der Waals surface area (Å²) in [7, 11) is -2.30. The van der Waals surface area contributed by atoms with Crippen LogP contribution < -0.4 is 4.90 Å². The zero-order chi connectivity index (χ0) is 34.1. The number of benzene rings is 5. The van der Waals surface area contributed by atoms with Crippen molar-refractivity contribution in [2.75, 3.05) is 19.1 Å². The minimum Gasteiger partial charge on any atom is -0.467 e. The van der Waals surface area contributed by atoms with Gasteiger partial charge in [0.2, 0.25) is 16.1 Å². The topological polar surface area (TPSA) is 93.2 Å². The Kier molecular flexibility index (Phi) is 11.1. The number of carbonyl (C=O) groups excluding carboxylic acids is 2.